The third-order valence-corrected chi connectivity index (χ3v) is 3.42. The van der Waals surface area contributed by atoms with Gasteiger partial charge in [0, 0.05) is 0 Å². The van der Waals surface area contributed by atoms with E-state index in [0.29, 0.717) is 6.42 Å². The molecule has 8 heteroatoms. The molecule has 19 heavy (non-hydrogen) atoms. The van der Waals surface area contributed by atoms with Gasteiger partial charge in [-0.05, 0) is 35.6 Å². The Morgan fingerprint density at radius 1 is 1.26 bits per heavy atom. The number of alkyl halides is 3. The number of nitrogens with zero attached hydrogens (tertiary/aromatic N) is 2. The van der Waals surface area contributed by atoms with Crippen molar-refractivity contribution in [3.63, 3.8) is 0 Å². The van der Waals surface area contributed by atoms with Crippen molar-refractivity contribution in [2.24, 2.45) is 5.84 Å². The van der Waals surface area contributed by atoms with Crippen LogP contribution < -0.4 is 11.3 Å². The van der Waals surface area contributed by atoms with Gasteiger partial charge in [0.05, 0.1) is 22.7 Å². The van der Waals surface area contributed by atoms with Gasteiger partial charge in [0.1, 0.15) is 0 Å². The second kappa shape index (κ2) is 5.64. The highest BCUT2D eigenvalue weighted by atomic mass is 32.1. The molecule has 0 aliphatic rings. The van der Waals surface area contributed by atoms with Crippen LogP contribution in [0.2, 0.25) is 0 Å². The lowest BCUT2D eigenvalue weighted by atomic mass is 10.0. The molecular weight excluding hydrogens is 277 g/mol. The molecule has 1 aromatic heterocycles. The minimum atomic E-state index is -4.31. The number of hydrogen-bond donors (Lipinski definition) is 2. The molecule has 1 aromatic carbocycles. The Morgan fingerprint density at radius 3 is 2.42 bits per heavy atom. The summed E-state index contributed by atoms with van der Waals surface area (Å²) >= 11 is 1.20. The van der Waals surface area contributed by atoms with Crippen LogP contribution in [-0.4, -0.2) is 9.59 Å². The van der Waals surface area contributed by atoms with Crippen LogP contribution in [-0.2, 0) is 12.6 Å². The Balaban J connectivity index is 2.11. The van der Waals surface area contributed by atoms with Crippen molar-refractivity contribution < 1.29 is 13.2 Å². The highest BCUT2D eigenvalue weighted by molar-refractivity contribution is 7.05. The highest BCUT2D eigenvalue weighted by Gasteiger charge is 2.30. The summed E-state index contributed by atoms with van der Waals surface area (Å²) in [6.45, 7) is 0. The van der Waals surface area contributed by atoms with Crippen LogP contribution in [0.25, 0.3) is 0 Å². The van der Waals surface area contributed by atoms with E-state index in [9.17, 15) is 13.2 Å². The van der Waals surface area contributed by atoms with E-state index in [4.69, 9.17) is 5.84 Å². The first-order valence-corrected chi connectivity index (χ1v) is 6.17. The first kappa shape index (κ1) is 13.9. The molecule has 0 fully saturated rings. The standard InChI is InChI=1S/C11H11F3N4S/c12-11(13,14)8-3-1-7(2-4-8)5-9(17-15)10-6-16-18-19-10/h1-4,6,9,17H,5,15H2. The zero-order valence-corrected chi connectivity index (χ0v) is 10.5. The summed E-state index contributed by atoms with van der Waals surface area (Å²) in [7, 11) is 0. The predicted octanol–water partition coefficient (Wildman–Crippen LogP) is 2.30. The summed E-state index contributed by atoms with van der Waals surface area (Å²) in [5, 5.41) is 3.70. The maximum Gasteiger partial charge on any atom is 0.416 e. The van der Waals surface area contributed by atoms with Crippen LogP contribution >= 0.6 is 11.5 Å². The molecule has 1 heterocycles. The predicted molar refractivity (Wildman–Crippen MR) is 65.1 cm³/mol. The normalized spacial score (nSPS) is 13.5. The number of halogens is 3. The second-order valence-corrected chi connectivity index (χ2v) is 4.76. The summed E-state index contributed by atoms with van der Waals surface area (Å²) in [4.78, 5) is 0.836. The molecule has 0 aliphatic heterocycles. The Labute approximate surface area is 111 Å². The van der Waals surface area contributed by atoms with Crippen LogP contribution in [0, 0.1) is 0 Å². The number of nitrogens with two attached hydrogens (primary N) is 1. The topological polar surface area (TPSA) is 63.8 Å². The fourth-order valence-electron chi connectivity index (χ4n) is 1.64. The third kappa shape index (κ3) is 3.49. The first-order chi connectivity index (χ1) is 9.00. The van der Waals surface area contributed by atoms with Gasteiger partial charge < -0.3 is 0 Å². The van der Waals surface area contributed by atoms with Crippen molar-refractivity contribution in [1.82, 2.24) is 15.0 Å². The molecular formula is C11H11F3N4S. The largest absolute Gasteiger partial charge is 0.416 e. The fourth-order valence-corrected chi connectivity index (χ4v) is 2.20. The zero-order chi connectivity index (χ0) is 13.9. The van der Waals surface area contributed by atoms with Crippen LogP contribution in [0.4, 0.5) is 13.2 Å². The van der Waals surface area contributed by atoms with Gasteiger partial charge in [0.25, 0.3) is 0 Å². The van der Waals surface area contributed by atoms with Crippen molar-refractivity contribution in [3.8, 4) is 0 Å². The van der Waals surface area contributed by atoms with Crippen LogP contribution in [0.3, 0.4) is 0 Å². The number of rotatable bonds is 4. The zero-order valence-electron chi connectivity index (χ0n) is 9.69. The van der Waals surface area contributed by atoms with Gasteiger partial charge in [0.15, 0.2) is 0 Å². The number of hydrogen-bond acceptors (Lipinski definition) is 5. The van der Waals surface area contributed by atoms with Gasteiger partial charge in [-0.2, -0.15) is 13.2 Å². The second-order valence-electron chi connectivity index (χ2n) is 3.94. The summed E-state index contributed by atoms with van der Waals surface area (Å²) in [6.07, 6.45) is -2.26. The fraction of sp³-hybridized carbons (Fsp3) is 0.273. The van der Waals surface area contributed by atoms with Crippen LogP contribution in [0.1, 0.15) is 22.0 Å². The molecule has 3 N–H and O–H groups in total. The van der Waals surface area contributed by atoms with Crippen molar-refractivity contribution in [2.45, 2.75) is 18.6 Å². The lowest BCUT2D eigenvalue weighted by molar-refractivity contribution is -0.137. The monoisotopic (exact) mass is 288 g/mol. The van der Waals surface area contributed by atoms with E-state index < -0.39 is 11.7 Å². The van der Waals surface area contributed by atoms with E-state index in [1.165, 1.54) is 23.7 Å². The molecule has 1 atom stereocenters. The van der Waals surface area contributed by atoms with E-state index >= 15 is 0 Å². The molecule has 0 radical (unpaired) electrons. The molecule has 0 saturated heterocycles. The smallest absolute Gasteiger partial charge is 0.271 e. The maximum atomic E-state index is 12.4. The summed E-state index contributed by atoms with van der Waals surface area (Å²) < 4.78 is 41.0. The minimum absolute atomic E-state index is 0.211. The maximum absolute atomic E-state index is 12.4. The van der Waals surface area contributed by atoms with Crippen molar-refractivity contribution in [1.29, 1.82) is 0 Å². The summed E-state index contributed by atoms with van der Waals surface area (Å²) in [5.74, 6) is 5.43. The minimum Gasteiger partial charge on any atom is -0.271 e. The molecule has 2 rings (SSSR count). The summed E-state index contributed by atoms with van der Waals surface area (Å²) in [6, 6.07) is 4.81. The molecule has 0 bridgehead atoms. The number of aromatic nitrogens is 2. The SMILES string of the molecule is NNC(Cc1ccc(C(F)(F)F)cc1)c1cnns1. The van der Waals surface area contributed by atoms with Crippen molar-refractivity contribution >= 4 is 11.5 Å². The Bertz CT molecular complexity index is 510. The third-order valence-electron chi connectivity index (χ3n) is 2.64. The van der Waals surface area contributed by atoms with Gasteiger partial charge in [-0.1, -0.05) is 16.6 Å². The number of hydrazine groups is 1. The molecule has 2 aromatic rings. The van der Waals surface area contributed by atoms with Crippen molar-refractivity contribution in [3.05, 3.63) is 46.5 Å². The molecule has 0 aliphatic carbocycles. The van der Waals surface area contributed by atoms with E-state index in [0.717, 1.165) is 22.6 Å². The highest BCUT2D eigenvalue weighted by Crippen LogP contribution is 2.29. The quantitative estimate of drug-likeness (QED) is 0.669. The van der Waals surface area contributed by atoms with E-state index in [-0.39, 0.29) is 6.04 Å². The molecule has 102 valence electrons. The van der Waals surface area contributed by atoms with E-state index in [1.807, 2.05) is 0 Å². The average molecular weight is 288 g/mol. The van der Waals surface area contributed by atoms with Gasteiger partial charge in [-0.25, -0.2) is 0 Å². The summed E-state index contributed by atoms with van der Waals surface area (Å²) in [5.41, 5.74) is 2.70. The lowest BCUT2D eigenvalue weighted by Crippen LogP contribution is -2.29. The van der Waals surface area contributed by atoms with Gasteiger partial charge in [-0.15, -0.1) is 5.10 Å². The first-order valence-electron chi connectivity index (χ1n) is 5.40. The molecule has 4 nitrogen and oxygen atoms in total. The molecule has 1 unspecified atom stereocenters. The Morgan fingerprint density at radius 2 is 1.95 bits per heavy atom. The lowest BCUT2D eigenvalue weighted by Gasteiger charge is -2.14. The van der Waals surface area contributed by atoms with Gasteiger partial charge >= 0.3 is 6.18 Å². The average Bonchev–Trinajstić information content (AvgIpc) is 2.89. The van der Waals surface area contributed by atoms with Crippen LogP contribution in [0.5, 0.6) is 0 Å². The Hall–Kier alpha value is -1.51. The molecule has 0 amide bonds. The van der Waals surface area contributed by atoms with E-state index in [2.05, 4.69) is 15.0 Å². The van der Waals surface area contributed by atoms with Gasteiger partial charge in [0.2, 0.25) is 0 Å². The van der Waals surface area contributed by atoms with Gasteiger partial charge in [-0.3, -0.25) is 11.3 Å². The molecule has 0 saturated carbocycles. The number of benzene rings is 1. The number of nitrogens with one attached hydrogen (secondary N) is 1. The Kier molecular flexibility index (Phi) is 4.13. The van der Waals surface area contributed by atoms with Crippen LogP contribution in [0.15, 0.2) is 30.5 Å². The van der Waals surface area contributed by atoms with Crippen molar-refractivity contribution in [2.75, 3.05) is 0 Å². The van der Waals surface area contributed by atoms with E-state index in [1.54, 1.807) is 6.20 Å². The molecule has 0 spiro atoms.